The maximum absolute atomic E-state index is 11.8. The Hall–Kier alpha value is -1.72. The highest BCUT2D eigenvalue weighted by molar-refractivity contribution is 5.61. The van der Waals surface area contributed by atoms with Crippen LogP contribution in [0.15, 0.2) is 9.59 Å². The fourth-order valence-electron chi connectivity index (χ4n) is 2.29. The van der Waals surface area contributed by atoms with Gasteiger partial charge in [-0.05, 0) is 32.6 Å². The predicted octanol–water partition coefficient (Wildman–Crippen LogP) is 0.883. The number of rotatable bonds is 4. The Labute approximate surface area is 105 Å². The summed E-state index contributed by atoms with van der Waals surface area (Å²) < 4.78 is 1.41. The van der Waals surface area contributed by atoms with Crippen molar-refractivity contribution in [2.24, 2.45) is 0 Å². The fourth-order valence-corrected chi connectivity index (χ4v) is 2.29. The summed E-state index contributed by atoms with van der Waals surface area (Å²) in [6.07, 6.45) is 3.96. The van der Waals surface area contributed by atoms with Crippen molar-refractivity contribution in [1.29, 1.82) is 0 Å². The Morgan fingerprint density at radius 2 is 2.11 bits per heavy atom. The van der Waals surface area contributed by atoms with Crippen molar-refractivity contribution in [3.8, 4) is 0 Å². The van der Waals surface area contributed by atoms with E-state index in [1.807, 2.05) is 6.92 Å². The van der Waals surface area contributed by atoms with E-state index >= 15 is 0 Å². The lowest BCUT2D eigenvalue weighted by Crippen LogP contribution is -2.45. The second kappa shape index (κ2) is 4.51. The van der Waals surface area contributed by atoms with Gasteiger partial charge in [0.15, 0.2) is 0 Å². The fraction of sp³-hybridized carbons (Fsp3) is 0.667. The molecule has 1 aromatic rings. The molecule has 100 valence electrons. The minimum atomic E-state index is -0.441. The standard InChI is InChI=1S/C12H20N4O2/c1-3-7-16-9(13)8(10(17)14-11(16)18)15-12(2)5-4-6-12/h15H,3-7,13H2,1-2H3,(H,14,17,18). The Balaban J connectivity index is 2.43. The van der Waals surface area contributed by atoms with Crippen LogP contribution in [-0.2, 0) is 6.54 Å². The number of nitrogen functional groups attached to an aromatic ring is 1. The van der Waals surface area contributed by atoms with Gasteiger partial charge in [-0.1, -0.05) is 6.92 Å². The molecule has 0 amide bonds. The molecule has 1 fully saturated rings. The van der Waals surface area contributed by atoms with Crippen molar-refractivity contribution in [2.75, 3.05) is 11.1 Å². The molecule has 1 aromatic heterocycles. The van der Waals surface area contributed by atoms with Gasteiger partial charge in [-0.15, -0.1) is 0 Å². The highest BCUT2D eigenvalue weighted by Crippen LogP contribution is 2.34. The average Bonchev–Trinajstić information content (AvgIpc) is 2.27. The third kappa shape index (κ3) is 2.14. The first-order chi connectivity index (χ1) is 8.47. The van der Waals surface area contributed by atoms with Crippen molar-refractivity contribution in [3.05, 3.63) is 20.8 Å². The maximum atomic E-state index is 11.8. The summed E-state index contributed by atoms with van der Waals surface area (Å²) in [4.78, 5) is 25.8. The zero-order chi connectivity index (χ0) is 13.3. The summed E-state index contributed by atoms with van der Waals surface area (Å²) in [5, 5.41) is 3.19. The van der Waals surface area contributed by atoms with Crippen LogP contribution in [0.1, 0.15) is 39.5 Å². The molecule has 6 heteroatoms. The molecule has 1 heterocycles. The molecular formula is C12H20N4O2. The molecule has 1 saturated carbocycles. The number of nitrogens with zero attached hydrogens (tertiary/aromatic N) is 1. The molecule has 0 atom stereocenters. The summed E-state index contributed by atoms with van der Waals surface area (Å²) in [6.45, 7) is 4.52. The number of hydrogen-bond donors (Lipinski definition) is 3. The topological polar surface area (TPSA) is 92.9 Å². The number of H-pyrrole nitrogens is 1. The molecule has 6 nitrogen and oxygen atoms in total. The first-order valence-electron chi connectivity index (χ1n) is 6.37. The summed E-state index contributed by atoms with van der Waals surface area (Å²) in [7, 11) is 0. The number of nitrogens with two attached hydrogens (primary N) is 1. The predicted molar refractivity (Wildman–Crippen MR) is 71.9 cm³/mol. The monoisotopic (exact) mass is 252 g/mol. The van der Waals surface area contributed by atoms with E-state index in [1.54, 1.807) is 0 Å². The molecule has 0 radical (unpaired) electrons. The molecule has 18 heavy (non-hydrogen) atoms. The lowest BCUT2D eigenvalue weighted by Gasteiger charge is -2.40. The van der Waals surface area contributed by atoms with Gasteiger partial charge in [-0.2, -0.15) is 0 Å². The van der Waals surface area contributed by atoms with Crippen LogP contribution in [-0.4, -0.2) is 15.1 Å². The van der Waals surface area contributed by atoms with E-state index in [2.05, 4.69) is 17.2 Å². The quantitative estimate of drug-likeness (QED) is 0.741. The maximum Gasteiger partial charge on any atom is 0.330 e. The van der Waals surface area contributed by atoms with Crippen LogP contribution in [0.2, 0.25) is 0 Å². The second-order valence-electron chi connectivity index (χ2n) is 5.21. The molecular weight excluding hydrogens is 232 g/mol. The average molecular weight is 252 g/mol. The first-order valence-corrected chi connectivity index (χ1v) is 6.37. The molecule has 0 aliphatic heterocycles. The van der Waals surface area contributed by atoms with Crippen LogP contribution in [0.25, 0.3) is 0 Å². The summed E-state index contributed by atoms with van der Waals surface area (Å²) in [6, 6.07) is 0. The van der Waals surface area contributed by atoms with Crippen LogP contribution in [0.3, 0.4) is 0 Å². The van der Waals surface area contributed by atoms with Gasteiger partial charge in [0, 0.05) is 12.1 Å². The van der Waals surface area contributed by atoms with Gasteiger partial charge >= 0.3 is 5.69 Å². The van der Waals surface area contributed by atoms with E-state index < -0.39 is 11.2 Å². The van der Waals surface area contributed by atoms with E-state index in [4.69, 9.17) is 5.73 Å². The molecule has 1 aliphatic carbocycles. The zero-order valence-electron chi connectivity index (χ0n) is 10.9. The minimum Gasteiger partial charge on any atom is -0.383 e. The number of anilines is 2. The lowest BCUT2D eigenvalue weighted by molar-refractivity contribution is 0.306. The third-order valence-corrected chi connectivity index (χ3v) is 3.57. The first kappa shape index (κ1) is 12.7. The van der Waals surface area contributed by atoms with Crippen molar-refractivity contribution >= 4 is 11.5 Å². The van der Waals surface area contributed by atoms with Gasteiger partial charge in [-0.3, -0.25) is 14.3 Å². The van der Waals surface area contributed by atoms with Crippen molar-refractivity contribution in [2.45, 2.75) is 51.6 Å². The molecule has 0 spiro atoms. The molecule has 1 aliphatic rings. The second-order valence-corrected chi connectivity index (χ2v) is 5.21. The van der Waals surface area contributed by atoms with Crippen LogP contribution >= 0.6 is 0 Å². The largest absolute Gasteiger partial charge is 0.383 e. The van der Waals surface area contributed by atoms with Crippen molar-refractivity contribution in [3.63, 3.8) is 0 Å². The van der Waals surface area contributed by atoms with Crippen LogP contribution < -0.4 is 22.3 Å². The molecule has 0 unspecified atom stereocenters. The molecule has 0 saturated heterocycles. The highest BCUT2D eigenvalue weighted by Gasteiger charge is 2.33. The van der Waals surface area contributed by atoms with Crippen LogP contribution in [0.5, 0.6) is 0 Å². The summed E-state index contributed by atoms with van der Waals surface area (Å²) in [5.74, 6) is 0.235. The van der Waals surface area contributed by atoms with Gasteiger partial charge in [-0.25, -0.2) is 4.79 Å². The van der Waals surface area contributed by atoms with E-state index in [1.165, 1.54) is 4.57 Å². The lowest BCUT2D eigenvalue weighted by atomic mass is 9.78. The summed E-state index contributed by atoms with van der Waals surface area (Å²) in [5.41, 5.74) is 5.31. The smallest absolute Gasteiger partial charge is 0.330 e. The van der Waals surface area contributed by atoms with E-state index in [9.17, 15) is 9.59 Å². The SMILES string of the molecule is CCCn1c(N)c(NC2(C)CCC2)c(=O)[nH]c1=O. The van der Waals surface area contributed by atoms with Gasteiger partial charge < -0.3 is 11.1 Å². The number of hydrogen-bond acceptors (Lipinski definition) is 4. The van der Waals surface area contributed by atoms with E-state index in [0.717, 1.165) is 25.7 Å². The minimum absolute atomic E-state index is 0.0738. The van der Waals surface area contributed by atoms with Crippen molar-refractivity contribution in [1.82, 2.24) is 9.55 Å². The van der Waals surface area contributed by atoms with Crippen molar-refractivity contribution < 1.29 is 0 Å². The Morgan fingerprint density at radius 1 is 1.44 bits per heavy atom. The Bertz CT molecular complexity index is 554. The zero-order valence-corrected chi connectivity index (χ0v) is 10.9. The van der Waals surface area contributed by atoms with E-state index in [0.29, 0.717) is 12.2 Å². The van der Waals surface area contributed by atoms with E-state index in [-0.39, 0.29) is 11.4 Å². The van der Waals surface area contributed by atoms with Gasteiger partial charge in [0.05, 0.1) is 0 Å². The van der Waals surface area contributed by atoms with Crippen LogP contribution in [0.4, 0.5) is 11.5 Å². The highest BCUT2D eigenvalue weighted by atomic mass is 16.2. The molecule has 4 N–H and O–H groups in total. The Morgan fingerprint density at radius 3 is 2.61 bits per heavy atom. The Kier molecular flexibility index (Phi) is 3.19. The van der Waals surface area contributed by atoms with Crippen LogP contribution in [0, 0.1) is 0 Å². The number of aromatic nitrogens is 2. The van der Waals surface area contributed by atoms with Gasteiger partial charge in [0.25, 0.3) is 5.56 Å². The third-order valence-electron chi connectivity index (χ3n) is 3.57. The number of nitrogens with one attached hydrogen (secondary N) is 2. The van der Waals surface area contributed by atoms with Gasteiger partial charge in [0.2, 0.25) is 0 Å². The summed E-state index contributed by atoms with van der Waals surface area (Å²) >= 11 is 0. The normalized spacial score (nSPS) is 17.2. The number of aromatic amines is 1. The molecule has 0 bridgehead atoms. The molecule has 0 aromatic carbocycles. The molecule has 2 rings (SSSR count). The van der Waals surface area contributed by atoms with Gasteiger partial charge in [0.1, 0.15) is 11.5 Å².